The monoisotopic (exact) mass is 574 g/mol. The Morgan fingerprint density at radius 2 is 1.91 bits per heavy atom. The lowest BCUT2D eigenvalue weighted by Crippen LogP contribution is -2.47. The maximum absolute atomic E-state index is 6.15. The van der Waals surface area contributed by atoms with Crippen LogP contribution in [0.4, 0.5) is 0 Å². The van der Waals surface area contributed by atoms with Gasteiger partial charge in [-0.3, -0.25) is 4.99 Å². The van der Waals surface area contributed by atoms with E-state index in [2.05, 4.69) is 46.3 Å². The van der Waals surface area contributed by atoms with E-state index in [1.807, 2.05) is 19.2 Å². The third-order valence-electron chi connectivity index (χ3n) is 6.14. The fourth-order valence-electron chi connectivity index (χ4n) is 4.20. The summed E-state index contributed by atoms with van der Waals surface area (Å²) in [4.78, 5) is 9.00. The average molecular weight is 575 g/mol. The molecule has 188 valence electrons. The predicted octanol–water partition coefficient (Wildman–Crippen LogP) is 3.76. The van der Waals surface area contributed by atoms with E-state index in [-0.39, 0.29) is 24.0 Å². The van der Waals surface area contributed by atoms with Crippen molar-refractivity contribution in [1.82, 2.24) is 15.1 Å². The molecule has 1 unspecified atom stereocenters. The Balaban J connectivity index is 0.00000385. The van der Waals surface area contributed by atoms with Crippen LogP contribution in [0.2, 0.25) is 0 Å². The van der Waals surface area contributed by atoms with Crippen LogP contribution < -0.4 is 10.1 Å². The molecule has 0 saturated carbocycles. The average Bonchev–Trinajstić information content (AvgIpc) is 2.83. The highest BCUT2D eigenvalue weighted by Gasteiger charge is 2.23. The van der Waals surface area contributed by atoms with E-state index < -0.39 is 0 Å². The Morgan fingerprint density at radius 3 is 2.55 bits per heavy atom. The van der Waals surface area contributed by atoms with Crippen LogP contribution in [-0.4, -0.2) is 88.6 Å². The predicted molar refractivity (Wildman–Crippen MR) is 145 cm³/mol. The standard InChI is InChI=1S/C25H42N4O3.HI/c1-26-25(27-19-21-8-10-22(11-9-21)30-18-6-14-28(2)3)29-15-12-23(13-16-29)32-20-24-7-4-5-17-31-24;/h8-11,23-24H,4-7,12-20H2,1-3H3,(H,26,27);1H. The molecule has 1 aromatic carbocycles. The molecule has 0 aromatic heterocycles. The van der Waals surface area contributed by atoms with E-state index in [0.29, 0.717) is 12.2 Å². The van der Waals surface area contributed by atoms with Crippen molar-refractivity contribution in [2.24, 2.45) is 4.99 Å². The molecule has 2 fully saturated rings. The van der Waals surface area contributed by atoms with E-state index in [9.17, 15) is 0 Å². The zero-order valence-corrected chi connectivity index (χ0v) is 23.0. The molecule has 0 spiro atoms. The molecule has 0 radical (unpaired) electrons. The first-order valence-corrected chi connectivity index (χ1v) is 12.2. The minimum absolute atomic E-state index is 0. The Bertz CT molecular complexity index is 673. The lowest BCUT2D eigenvalue weighted by atomic mass is 10.1. The second-order valence-electron chi connectivity index (χ2n) is 9.06. The molecule has 0 amide bonds. The summed E-state index contributed by atoms with van der Waals surface area (Å²) in [7, 11) is 6.02. The summed E-state index contributed by atoms with van der Waals surface area (Å²) >= 11 is 0. The molecule has 1 atom stereocenters. The number of nitrogens with one attached hydrogen (secondary N) is 1. The number of aliphatic imine (C=N–C) groups is 1. The first-order chi connectivity index (χ1) is 15.6. The molecule has 1 aromatic rings. The Hall–Kier alpha value is -1.10. The van der Waals surface area contributed by atoms with Crippen LogP contribution in [0.5, 0.6) is 5.75 Å². The number of hydrogen-bond donors (Lipinski definition) is 1. The van der Waals surface area contributed by atoms with Crippen LogP contribution in [0.1, 0.15) is 44.1 Å². The summed E-state index contributed by atoms with van der Waals surface area (Å²) in [5.74, 6) is 1.89. The van der Waals surface area contributed by atoms with Gasteiger partial charge in [-0.25, -0.2) is 0 Å². The summed E-state index contributed by atoms with van der Waals surface area (Å²) in [5, 5.41) is 3.51. The van der Waals surface area contributed by atoms with E-state index in [1.165, 1.54) is 18.4 Å². The molecule has 8 heteroatoms. The second kappa shape index (κ2) is 15.7. The fourth-order valence-corrected chi connectivity index (χ4v) is 4.20. The fraction of sp³-hybridized carbons (Fsp3) is 0.720. The van der Waals surface area contributed by atoms with Gasteiger partial charge in [0.05, 0.1) is 25.4 Å². The van der Waals surface area contributed by atoms with Crippen molar-refractivity contribution in [3.8, 4) is 5.75 Å². The van der Waals surface area contributed by atoms with Gasteiger partial charge in [-0.2, -0.15) is 0 Å². The van der Waals surface area contributed by atoms with Crippen molar-refractivity contribution in [3.05, 3.63) is 29.8 Å². The molecule has 2 heterocycles. The highest BCUT2D eigenvalue weighted by molar-refractivity contribution is 14.0. The molecular weight excluding hydrogens is 531 g/mol. The zero-order valence-electron chi connectivity index (χ0n) is 20.6. The highest BCUT2D eigenvalue weighted by atomic mass is 127. The molecule has 2 aliphatic heterocycles. The van der Waals surface area contributed by atoms with Crippen LogP contribution >= 0.6 is 24.0 Å². The number of piperidine rings is 1. The van der Waals surface area contributed by atoms with Gasteiger partial charge in [-0.1, -0.05) is 12.1 Å². The third kappa shape index (κ3) is 10.4. The molecule has 2 aliphatic rings. The lowest BCUT2D eigenvalue weighted by molar-refractivity contribution is -0.0721. The Kier molecular flexibility index (Phi) is 13.4. The highest BCUT2D eigenvalue weighted by Crippen LogP contribution is 2.18. The molecule has 1 N–H and O–H groups in total. The number of hydrogen-bond acceptors (Lipinski definition) is 5. The van der Waals surface area contributed by atoms with Crippen LogP contribution in [-0.2, 0) is 16.0 Å². The minimum atomic E-state index is 0. The summed E-state index contributed by atoms with van der Waals surface area (Å²) in [6, 6.07) is 8.34. The van der Waals surface area contributed by atoms with E-state index in [1.54, 1.807) is 0 Å². The maximum atomic E-state index is 6.15. The maximum Gasteiger partial charge on any atom is 0.193 e. The second-order valence-corrected chi connectivity index (χ2v) is 9.06. The van der Waals surface area contributed by atoms with Gasteiger partial charge in [0, 0.05) is 39.8 Å². The van der Waals surface area contributed by atoms with Crippen LogP contribution in [0.25, 0.3) is 0 Å². The van der Waals surface area contributed by atoms with Crippen molar-refractivity contribution < 1.29 is 14.2 Å². The van der Waals surface area contributed by atoms with Gasteiger partial charge in [0.15, 0.2) is 5.96 Å². The topological polar surface area (TPSA) is 58.6 Å². The van der Waals surface area contributed by atoms with E-state index >= 15 is 0 Å². The molecule has 0 aliphatic carbocycles. The molecule has 2 saturated heterocycles. The van der Waals surface area contributed by atoms with Gasteiger partial charge in [0.1, 0.15) is 5.75 Å². The molecule has 3 rings (SSSR count). The minimum Gasteiger partial charge on any atom is -0.494 e. The Labute approximate surface area is 217 Å². The number of likely N-dealkylation sites (tertiary alicyclic amines) is 1. The number of ether oxygens (including phenoxy) is 3. The van der Waals surface area contributed by atoms with E-state index in [4.69, 9.17) is 14.2 Å². The number of rotatable bonds is 10. The molecule has 33 heavy (non-hydrogen) atoms. The van der Waals surface area contributed by atoms with Crippen LogP contribution in [0.15, 0.2) is 29.3 Å². The van der Waals surface area contributed by atoms with Crippen molar-refractivity contribution in [2.45, 2.75) is 57.3 Å². The number of nitrogens with zero attached hydrogens (tertiary/aromatic N) is 3. The normalized spacial score (nSPS) is 19.9. The number of guanidine groups is 1. The van der Waals surface area contributed by atoms with Crippen molar-refractivity contribution in [2.75, 3.05) is 60.6 Å². The van der Waals surface area contributed by atoms with Crippen molar-refractivity contribution in [3.63, 3.8) is 0 Å². The molecule has 7 nitrogen and oxygen atoms in total. The van der Waals surface area contributed by atoms with Crippen LogP contribution in [0, 0.1) is 0 Å². The van der Waals surface area contributed by atoms with Gasteiger partial charge >= 0.3 is 0 Å². The largest absolute Gasteiger partial charge is 0.494 e. The lowest BCUT2D eigenvalue weighted by Gasteiger charge is -2.35. The summed E-state index contributed by atoms with van der Waals surface area (Å²) < 4.78 is 17.8. The smallest absolute Gasteiger partial charge is 0.193 e. The Morgan fingerprint density at radius 1 is 1.15 bits per heavy atom. The zero-order chi connectivity index (χ0) is 22.6. The SMILES string of the molecule is CN=C(NCc1ccc(OCCCN(C)C)cc1)N1CCC(OCC2CCCCO2)CC1.I. The molecule has 0 bridgehead atoms. The summed E-state index contributed by atoms with van der Waals surface area (Å²) in [5.41, 5.74) is 1.22. The van der Waals surface area contributed by atoms with Gasteiger partial charge in [-0.05, 0) is 70.3 Å². The van der Waals surface area contributed by atoms with Crippen molar-refractivity contribution >= 4 is 29.9 Å². The summed E-state index contributed by atoms with van der Waals surface area (Å²) in [6.45, 7) is 6.11. The van der Waals surface area contributed by atoms with E-state index in [0.717, 1.165) is 83.4 Å². The van der Waals surface area contributed by atoms with Gasteiger partial charge in [0.25, 0.3) is 0 Å². The summed E-state index contributed by atoms with van der Waals surface area (Å²) in [6.07, 6.45) is 7.32. The van der Waals surface area contributed by atoms with Gasteiger partial charge < -0.3 is 29.3 Å². The third-order valence-corrected chi connectivity index (χ3v) is 6.14. The molecular formula is C25H43IN4O3. The number of halogens is 1. The van der Waals surface area contributed by atoms with Gasteiger partial charge in [0.2, 0.25) is 0 Å². The van der Waals surface area contributed by atoms with Crippen LogP contribution in [0.3, 0.4) is 0 Å². The first kappa shape index (κ1) is 28.1. The quantitative estimate of drug-likeness (QED) is 0.199. The first-order valence-electron chi connectivity index (χ1n) is 12.2. The van der Waals surface area contributed by atoms with Crippen molar-refractivity contribution in [1.29, 1.82) is 0 Å². The number of benzene rings is 1. The van der Waals surface area contributed by atoms with Gasteiger partial charge in [-0.15, -0.1) is 24.0 Å².